The molecule has 0 aliphatic heterocycles. The summed E-state index contributed by atoms with van der Waals surface area (Å²) in [6.07, 6.45) is 0. The highest BCUT2D eigenvalue weighted by molar-refractivity contribution is 5.96. The molecule has 21 heavy (non-hydrogen) atoms. The Balaban J connectivity index is 1.84. The highest BCUT2D eigenvalue weighted by Gasteiger charge is 2.13. The Hall–Kier alpha value is -2.82. The summed E-state index contributed by atoms with van der Waals surface area (Å²) < 4.78 is 10.5. The molecule has 0 saturated heterocycles. The highest BCUT2D eigenvalue weighted by Crippen LogP contribution is 2.12. The van der Waals surface area contributed by atoms with Crippen molar-refractivity contribution in [1.29, 1.82) is 0 Å². The van der Waals surface area contributed by atoms with E-state index in [4.69, 9.17) is 8.83 Å². The van der Waals surface area contributed by atoms with Crippen LogP contribution in [0, 0.1) is 6.92 Å². The largest absolute Gasteiger partial charge is 0.465 e. The van der Waals surface area contributed by atoms with Gasteiger partial charge in [-0.15, -0.1) is 0 Å². The number of hydrogen-bond acceptors (Lipinski definition) is 4. The Morgan fingerprint density at radius 3 is 2.71 bits per heavy atom. The molecule has 3 aromatic rings. The number of aryl methyl sites for hydroxylation is 1. The quantitative estimate of drug-likeness (QED) is 0.750. The van der Waals surface area contributed by atoms with Crippen LogP contribution in [0.4, 0.5) is 0 Å². The lowest BCUT2D eigenvalue weighted by Gasteiger charge is -2.03. The molecule has 0 unspecified atom stereocenters. The summed E-state index contributed by atoms with van der Waals surface area (Å²) in [5, 5.41) is 3.35. The van der Waals surface area contributed by atoms with Crippen molar-refractivity contribution in [2.45, 2.75) is 13.5 Å². The summed E-state index contributed by atoms with van der Waals surface area (Å²) in [6.45, 7) is 2.04. The number of carbonyl (C=O) groups excluding carboxylic acids is 1. The van der Waals surface area contributed by atoms with Crippen LogP contribution >= 0.6 is 0 Å². The molecule has 0 atom stereocenters. The third-order valence-electron chi connectivity index (χ3n) is 3.11. The van der Waals surface area contributed by atoms with Crippen LogP contribution in [0.3, 0.4) is 0 Å². The Labute approximate surface area is 120 Å². The van der Waals surface area contributed by atoms with Crippen molar-refractivity contribution in [1.82, 2.24) is 5.32 Å². The molecule has 1 N–H and O–H groups in total. The SMILES string of the molecule is Cc1ccc(CNC(=O)c2cc3ccccc3oc2=O)o1. The summed E-state index contributed by atoms with van der Waals surface area (Å²) in [5.74, 6) is 0.916. The second-order valence-corrected chi connectivity index (χ2v) is 4.68. The third-order valence-corrected chi connectivity index (χ3v) is 3.11. The van der Waals surface area contributed by atoms with Crippen LogP contribution in [0.2, 0.25) is 0 Å². The molecule has 1 aromatic carbocycles. The predicted octanol–water partition coefficient (Wildman–Crippen LogP) is 2.62. The fourth-order valence-corrected chi connectivity index (χ4v) is 2.06. The number of nitrogens with one attached hydrogen (secondary N) is 1. The molecule has 5 nitrogen and oxygen atoms in total. The van der Waals surface area contributed by atoms with Gasteiger partial charge in [0.25, 0.3) is 5.91 Å². The van der Waals surface area contributed by atoms with Crippen molar-refractivity contribution < 1.29 is 13.6 Å². The molecule has 106 valence electrons. The van der Waals surface area contributed by atoms with E-state index in [2.05, 4.69) is 5.32 Å². The number of hydrogen-bond donors (Lipinski definition) is 1. The molecule has 1 amide bonds. The van der Waals surface area contributed by atoms with E-state index < -0.39 is 11.5 Å². The van der Waals surface area contributed by atoms with Gasteiger partial charge in [-0.1, -0.05) is 18.2 Å². The smallest absolute Gasteiger partial charge is 0.349 e. The van der Waals surface area contributed by atoms with Crippen molar-refractivity contribution >= 4 is 16.9 Å². The Bertz CT molecular complexity index is 860. The number of amides is 1. The molecule has 0 spiro atoms. The van der Waals surface area contributed by atoms with Gasteiger partial charge in [0.15, 0.2) is 0 Å². The highest BCUT2D eigenvalue weighted by atomic mass is 16.4. The first kappa shape index (κ1) is 13.2. The molecule has 5 heteroatoms. The molecule has 3 rings (SSSR count). The second kappa shape index (κ2) is 5.28. The summed E-state index contributed by atoms with van der Waals surface area (Å²) in [6, 6.07) is 12.2. The molecular formula is C16H13NO4. The number of furan rings is 1. The standard InChI is InChI=1S/C16H13NO4/c1-10-6-7-12(20-10)9-17-15(18)13-8-11-4-2-3-5-14(11)21-16(13)19/h2-8H,9H2,1H3,(H,17,18). The van der Waals surface area contributed by atoms with Crippen LogP contribution in [-0.4, -0.2) is 5.91 Å². The lowest BCUT2D eigenvalue weighted by atomic mass is 10.2. The molecule has 0 aliphatic carbocycles. The van der Waals surface area contributed by atoms with Gasteiger partial charge < -0.3 is 14.2 Å². The van der Waals surface area contributed by atoms with Gasteiger partial charge >= 0.3 is 5.63 Å². The van der Waals surface area contributed by atoms with Gasteiger partial charge in [-0.25, -0.2) is 4.79 Å². The van der Waals surface area contributed by atoms with Crippen molar-refractivity contribution in [2.75, 3.05) is 0 Å². The summed E-state index contributed by atoms with van der Waals surface area (Å²) >= 11 is 0. The lowest BCUT2D eigenvalue weighted by Crippen LogP contribution is -2.27. The van der Waals surface area contributed by atoms with E-state index in [0.717, 1.165) is 5.76 Å². The van der Waals surface area contributed by atoms with Crippen molar-refractivity contribution in [2.24, 2.45) is 0 Å². The van der Waals surface area contributed by atoms with E-state index in [1.165, 1.54) is 6.07 Å². The van der Waals surface area contributed by atoms with Gasteiger partial charge in [0.2, 0.25) is 0 Å². The van der Waals surface area contributed by atoms with Crippen molar-refractivity contribution in [3.8, 4) is 0 Å². The molecule has 0 bridgehead atoms. The van der Waals surface area contributed by atoms with E-state index in [9.17, 15) is 9.59 Å². The summed E-state index contributed by atoms with van der Waals surface area (Å²) in [5.41, 5.74) is -0.209. The van der Waals surface area contributed by atoms with Gasteiger partial charge in [-0.05, 0) is 31.2 Å². The van der Waals surface area contributed by atoms with Gasteiger partial charge in [0.1, 0.15) is 22.7 Å². The van der Waals surface area contributed by atoms with Crippen LogP contribution in [0.1, 0.15) is 21.9 Å². The average molecular weight is 283 g/mol. The fourth-order valence-electron chi connectivity index (χ4n) is 2.06. The van der Waals surface area contributed by atoms with E-state index in [0.29, 0.717) is 16.7 Å². The second-order valence-electron chi connectivity index (χ2n) is 4.68. The minimum Gasteiger partial charge on any atom is -0.465 e. The van der Waals surface area contributed by atoms with Crippen LogP contribution in [0.15, 0.2) is 56.1 Å². The van der Waals surface area contributed by atoms with Gasteiger partial charge in [-0.2, -0.15) is 0 Å². The van der Waals surface area contributed by atoms with Crippen LogP contribution < -0.4 is 10.9 Å². The topological polar surface area (TPSA) is 72.5 Å². The lowest BCUT2D eigenvalue weighted by molar-refractivity contribution is 0.0944. The number of rotatable bonds is 3. The monoisotopic (exact) mass is 283 g/mol. The fraction of sp³-hybridized carbons (Fsp3) is 0.125. The zero-order chi connectivity index (χ0) is 14.8. The Morgan fingerprint density at radius 1 is 1.14 bits per heavy atom. The summed E-state index contributed by atoms with van der Waals surface area (Å²) in [4.78, 5) is 23.9. The molecule has 2 aromatic heterocycles. The molecule has 0 saturated carbocycles. The van der Waals surface area contributed by atoms with Gasteiger partial charge in [0, 0.05) is 5.39 Å². The molecule has 0 fully saturated rings. The molecule has 0 aliphatic rings. The Kier molecular flexibility index (Phi) is 3.31. The van der Waals surface area contributed by atoms with Crippen LogP contribution in [0.5, 0.6) is 0 Å². The van der Waals surface area contributed by atoms with Crippen LogP contribution in [0.25, 0.3) is 11.0 Å². The van der Waals surface area contributed by atoms with Gasteiger partial charge in [-0.3, -0.25) is 4.79 Å². The van der Waals surface area contributed by atoms with E-state index in [1.54, 1.807) is 24.3 Å². The zero-order valence-corrected chi connectivity index (χ0v) is 11.4. The van der Waals surface area contributed by atoms with Crippen molar-refractivity contribution in [3.05, 3.63) is 70.0 Å². The van der Waals surface area contributed by atoms with Crippen molar-refractivity contribution in [3.63, 3.8) is 0 Å². The van der Waals surface area contributed by atoms with E-state index >= 15 is 0 Å². The average Bonchev–Trinajstić information content (AvgIpc) is 2.89. The first-order valence-electron chi connectivity index (χ1n) is 6.50. The maximum Gasteiger partial charge on any atom is 0.349 e. The summed E-state index contributed by atoms with van der Waals surface area (Å²) in [7, 11) is 0. The number of carbonyl (C=O) groups is 1. The first-order chi connectivity index (χ1) is 10.1. The first-order valence-corrected chi connectivity index (χ1v) is 6.50. The maximum atomic E-state index is 12.1. The number of para-hydroxylation sites is 1. The third kappa shape index (κ3) is 2.72. The molecular weight excluding hydrogens is 270 g/mol. The van der Waals surface area contributed by atoms with Gasteiger partial charge in [0.05, 0.1) is 6.54 Å². The number of benzene rings is 1. The molecule has 2 heterocycles. The predicted molar refractivity (Wildman–Crippen MR) is 77.1 cm³/mol. The minimum atomic E-state index is -0.651. The maximum absolute atomic E-state index is 12.1. The zero-order valence-electron chi connectivity index (χ0n) is 11.4. The normalized spacial score (nSPS) is 10.7. The minimum absolute atomic E-state index is 0.0167. The van der Waals surface area contributed by atoms with E-state index in [-0.39, 0.29) is 12.1 Å². The Morgan fingerprint density at radius 2 is 1.95 bits per heavy atom. The van der Waals surface area contributed by atoms with Crippen LogP contribution in [-0.2, 0) is 6.54 Å². The number of fused-ring (bicyclic) bond motifs is 1. The molecule has 0 radical (unpaired) electrons. The van der Waals surface area contributed by atoms with E-state index in [1.807, 2.05) is 19.1 Å².